The normalized spacial score (nSPS) is 19.2. The molecule has 0 saturated heterocycles. The number of allylic oxidation sites excluding steroid dienone is 2. The first-order chi connectivity index (χ1) is 16.0. The standard InChI is InChI=1S/C27H24N4O2/c1-27(2)14-19(32)23-20(15-27)33-26-24(22(23)18-11-7-4-8-12-18)25-29-21(30-31(25)16-28-26)13-17-9-5-3-6-10-17/h3-12,16,22H,13-15H2,1-2H3. The number of fused-ring (bicyclic) bond motifs is 3. The third kappa shape index (κ3) is 3.42. The number of ether oxygens (including phenoxy) is 1. The molecule has 164 valence electrons. The van der Waals surface area contributed by atoms with Crippen molar-refractivity contribution < 1.29 is 9.53 Å². The zero-order valence-electron chi connectivity index (χ0n) is 18.7. The fourth-order valence-corrected chi connectivity index (χ4v) is 5.02. The minimum absolute atomic E-state index is 0.131. The van der Waals surface area contributed by atoms with Crippen LogP contribution < -0.4 is 4.74 Å². The first-order valence-corrected chi connectivity index (χ1v) is 11.3. The van der Waals surface area contributed by atoms with E-state index in [4.69, 9.17) is 9.72 Å². The van der Waals surface area contributed by atoms with Gasteiger partial charge in [-0.15, -0.1) is 5.10 Å². The van der Waals surface area contributed by atoms with Gasteiger partial charge in [0.15, 0.2) is 17.3 Å². The van der Waals surface area contributed by atoms with Crippen molar-refractivity contribution in [2.24, 2.45) is 5.41 Å². The first kappa shape index (κ1) is 19.9. The van der Waals surface area contributed by atoms with Gasteiger partial charge in [0.25, 0.3) is 0 Å². The predicted octanol–water partition coefficient (Wildman–Crippen LogP) is 4.88. The molecule has 0 saturated carbocycles. The maximum atomic E-state index is 13.4. The molecular weight excluding hydrogens is 412 g/mol. The molecule has 3 heterocycles. The van der Waals surface area contributed by atoms with Gasteiger partial charge in [-0.1, -0.05) is 74.5 Å². The molecule has 2 aromatic heterocycles. The van der Waals surface area contributed by atoms with Crippen LogP contribution in [0.4, 0.5) is 0 Å². The van der Waals surface area contributed by atoms with Crippen LogP contribution in [0, 0.1) is 5.41 Å². The van der Waals surface area contributed by atoms with Crippen LogP contribution in [0.25, 0.3) is 5.65 Å². The Morgan fingerprint density at radius 2 is 1.76 bits per heavy atom. The maximum Gasteiger partial charge on any atom is 0.228 e. The number of benzene rings is 2. The van der Waals surface area contributed by atoms with Crippen molar-refractivity contribution in [3.63, 3.8) is 0 Å². The number of ketones is 1. The van der Waals surface area contributed by atoms with Crippen molar-refractivity contribution >= 4 is 11.4 Å². The van der Waals surface area contributed by atoms with Crippen molar-refractivity contribution in [1.29, 1.82) is 0 Å². The molecule has 6 heteroatoms. The van der Waals surface area contributed by atoms with Crippen molar-refractivity contribution in [1.82, 2.24) is 19.6 Å². The molecule has 2 aliphatic rings. The quantitative estimate of drug-likeness (QED) is 0.458. The van der Waals surface area contributed by atoms with Crippen LogP contribution in [0.2, 0.25) is 0 Å². The second-order valence-electron chi connectivity index (χ2n) is 9.65. The van der Waals surface area contributed by atoms with E-state index >= 15 is 0 Å². The Hall–Kier alpha value is -3.80. The summed E-state index contributed by atoms with van der Waals surface area (Å²) in [5, 5.41) is 4.68. The number of Topliss-reactive ketones (excluding diaryl/α,β-unsaturated/α-hetero) is 1. The molecule has 0 amide bonds. The molecule has 1 aliphatic carbocycles. The molecule has 1 aliphatic heterocycles. The Kier molecular flexibility index (Phi) is 4.43. The highest BCUT2D eigenvalue weighted by molar-refractivity contribution is 6.00. The summed E-state index contributed by atoms with van der Waals surface area (Å²) in [5.74, 6) is 1.81. The number of hydrogen-bond acceptors (Lipinski definition) is 5. The molecule has 0 radical (unpaired) electrons. The van der Waals surface area contributed by atoms with Crippen molar-refractivity contribution in [3.05, 3.63) is 101 Å². The Balaban J connectivity index is 1.54. The Morgan fingerprint density at radius 3 is 2.52 bits per heavy atom. The van der Waals surface area contributed by atoms with E-state index in [-0.39, 0.29) is 17.1 Å². The van der Waals surface area contributed by atoms with Crippen LogP contribution in [-0.2, 0) is 11.2 Å². The van der Waals surface area contributed by atoms with Gasteiger partial charge >= 0.3 is 0 Å². The summed E-state index contributed by atoms with van der Waals surface area (Å²) in [4.78, 5) is 22.9. The van der Waals surface area contributed by atoms with Crippen LogP contribution in [0.3, 0.4) is 0 Å². The monoisotopic (exact) mass is 436 g/mol. The average molecular weight is 437 g/mol. The topological polar surface area (TPSA) is 69.4 Å². The van der Waals surface area contributed by atoms with Crippen LogP contribution in [0.5, 0.6) is 5.88 Å². The molecule has 33 heavy (non-hydrogen) atoms. The molecule has 6 nitrogen and oxygen atoms in total. The summed E-state index contributed by atoms with van der Waals surface area (Å²) in [6.45, 7) is 4.21. The third-order valence-electron chi connectivity index (χ3n) is 6.45. The minimum atomic E-state index is -0.279. The zero-order chi connectivity index (χ0) is 22.6. The van der Waals surface area contributed by atoms with E-state index in [0.717, 1.165) is 28.0 Å². The zero-order valence-corrected chi connectivity index (χ0v) is 18.7. The predicted molar refractivity (Wildman–Crippen MR) is 124 cm³/mol. The van der Waals surface area contributed by atoms with Gasteiger partial charge in [0.2, 0.25) is 5.88 Å². The van der Waals surface area contributed by atoms with Gasteiger partial charge in [-0.2, -0.15) is 0 Å². The summed E-state index contributed by atoms with van der Waals surface area (Å²) in [6, 6.07) is 20.2. The van der Waals surface area contributed by atoms with E-state index < -0.39 is 0 Å². The molecule has 4 aromatic rings. The second-order valence-corrected chi connectivity index (χ2v) is 9.65. The van der Waals surface area contributed by atoms with Crippen LogP contribution in [0.1, 0.15) is 55.1 Å². The molecule has 0 fully saturated rings. The number of nitrogens with zero attached hydrogens (tertiary/aromatic N) is 4. The van der Waals surface area contributed by atoms with Crippen molar-refractivity contribution in [2.75, 3.05) is 0 Å². The number of hydrogen-bond donors (Lipinski definition) is 0. The van der Waals surface area contributed by atoms with Crippen molar-refractivity contribution in [3.8, 4) is 5.88 Å². The SMILES string of the molecule is CC1(C)CC(=O)C2=C(C1)Oc1ncn3nc(Cc4ccccc4)nc3c1C2c1ccccc1. The lowest BCUT2D eigenvalue weighted by Crippen LogP contribution is -2.33. The molecule has 2 aromatic carbocycles. The highest BCUT2D eigenvalue weighted by Crippen LogP contribution is 2.50. The molecular formula is C27H24N4O2. The Bertz CT molecular complexity index is 1400. The van der Waals surface area contributed by atoms with E-state index in [1.807, 2.05) is 36.4 Å². The summed E-state index contributed by atoms with van der Waals surface area (Å²) >= 11 is 0. The summed E-state index contributed by atoms with van der Waals surface area (Å²) in [7, 11) is 0. The van der Waals surface area contributed by atoms with Gasteiger partial charge in [0.1, 0.15) is 12.1 Å². The molecule has 6 rings (SSSR count). The van der Waals surface area contributed by atoms with Gasteiger partial charge in [-0.05, 0) is 16.5 Å². The van der Waals surface area contributed by atoms with Crippen LogP contribution in [0.15, 0.2) is 78.3 Å². The molecule has 0 spiro atoms. The lowest BCUT2D eigenvalue weighted by atomic mass is 9.70. The number of carbonyl (C=O) groups is 1. The van der Waals surface area contributed by atoms with Gasteiger partial charge in [-0.25, -0.2) is 14.5 Å². The number of aromatic nitrogens is 4. The largest absolute Gasteiger partial charge is 0.442 e. The minimum Gasteiger partial charge on any atom is -0.442 e. The fraction of sp³-hybridized carbons (Fsp3) is 0.259. The molecule has 1 unspecified atom stereocenters. The molecule has 1 atom stereocenters. The Labute approximate surface area is 192 Å². The number of rotatable bonds is 3. The molecule has 0 bridgehead atoms. The highest BCUT2D eigenvalue weighted by Gasteiger charge is 2.43. The van der Waals surface area contributed by atoms with Crippen LogP contribution in [-0.4, -0.2) is 25.4 Å². The average Bonchev–Trinajstić information content (AvgIpc) is 3.20. The van der Waals surface area contributed by atoms with E-state index in [1.54, 1.807) is 10.8 Å². The highest BCUT2D eigenvalue weighted by atomic mass is 16.5. The smallest absolute Gasteiger partial charge is 0.228 e. The van der Waals surface area contributed by atoms with Crippen molar-refractivity contribution in [2.45, 2.75) is 39.0 Å². The molecule has 0 N–H and O–H groups in total. The van der Waals surface area contributed by atoms with E-state index in [1.165, 1.54) is 0 Å². The lowest BCUT2D eigenvalue weighted by Gasteiger charge is -2.37. The van der Waals surface area contributed by atoms with Gasteiger partial charge in [0.05, 0.1) is 5.56 Å². The Morgan fingerprint density at radius 1 is 1.03 bits per heavy atom. The van der Waals surface area contributed by atoms with Gasteiger partial charge in [-0.3, -0.25) is 4.79 Å². The second kappa shape index (κ2) is 7.37. The van der Waals surface area contributed by atoms with Crippen LogP contribution >= 0.6 is 0 Å². The van der Waals surface area contributed by atoms with E-state index in [0.29, 0.717) is 36.6 Å². The number of carbonyl (C=O) groups excluding carboxylic acids is 1. The van der Waals surface area contributed by atoms with Gasteiger partial charge < -0.3 is 4.74 Å². The van der Waals surface area contributed by atoms with Gasteiger partial charge in [0, 0.05) is 30.8 Å². The fourth-order valence-electron chi connectivity index (χ4n) is 5.02. The summed E-state index contributed by atoms with van der Waals surface area (Å²) in [6.07, 6.45) is 3.47. The van der Waals surface area contributed by atoms with E-state index in [2.05, 4.69) is 48.2 Å². The lowest BCUT2D eigenvalue weighted by molar-refractivity contribution is -0.118. The first-order valence-electron chi connectivity index (χ1n) is 11.3. The summed E-state index contributed by atoms with van der Waals surface area (Å²) in [5.41, 5.74) is 4.25. The van der Waals surface area contributed by atoms with E-state index in [9.17, 15) is 4.79 Å². The maximum absolute atomic E-state index is 13.4. The third-order valence-corrected chi connectivity index (χ3v) is 6.45. The summed E-state index contributed by atoms with van der Waals surface area (Å²) < 4.78 is 8.00.